The average Bonchev–Trinajstić information content (AvgIpc) is 3.05. The van der Waals surface area contributed by atoms with Crippen molar-refractivity contribution in [2.75, 3.05) is 11.5 Å². The maximum Gasteiger partial charge on any atom is 0.342 e. The van der Waals surface area contributed by atoms with E-state index in [9.17, 15) is 59.6 Å². The Morgan fingerprint density at radius 3 is 1.46 bits per heavy atom. The van der Waals surface area contributed by atoms with Gasteiger partial charge in [-0.2, -0.15) is 70.4 Å². The van der Waals surface area contributed by atoms with Crippen LogP contribution in [0.25, 0.3) is 6.08 Å². The molecule has 0 amide bonds. The van der Waals surface area contributed by atoms with Gasteiger partial charge in [-0.05, 0) is 11.6 Å². The fraction of sp³-hybridized carbons (Fsp3) is 0.250. The Kier molecular flexibility index (Phi) is 12.3. The zero-order valence-electron chi connectivity index (χ0n) is 27.4. The summed E-state index contributed by atoms with van der Waals surface area (Å²) < 4.78 is 194. The Labute approximate surface area is 317 Å². The summed E-state index contributed by atoms with van der Waals surface area (Å²) in [4.78, 5) is 19.7. The number of benzene rings is 1. The van der Waals surface area contributed by atoms with E-state index in [2.05, 4.69) is 29.9 Å². The number of rotatable bonds is 16. The van der Waals surface area contributed by atoms with E-state index in [-0.39, 0.29) is 0 Å². The molecule has 26 nitrogen and oxygen atoms in total. The maximum absolute atomic E-state index is 14.5. The lowest BCUT2D eigenvalue weighted by atomic mass is 9.94. The quantitative estimate of drug-likeness (QED) is 0.0627. The molecule has 32 heteroatoms. The molecule has 56 heavy (non-hydrogen) atoms. The second-order valence-corrected chi connectivity index (χ2v) is 20.4. The van der Waals surface area contributed by atoms with Crippen molar-refractivity contribution in [1.82, 2.24) is 29.9 Å². The summed E-state index contributed by atoms with van der Waals surface area (Å²) in [6, 6.07) is 4.37. The molecule has 0 aliphatic heterocycles. The summed E-state index contributed by atoms with van der Waals surface area (Å²) in [5, 5.41) is -3.30. The van der Waals surface area contributed by atoms with E-state index in [1.165, 1.54) is 30.3 Å². The lowest BCUT2D eigenvalue weighted by molar-refractivity contribution is 0.396. The van der Waals surface area contributed by atoms with E-state index in [0.29, 0.717) is 5.56 Å². The molecule has 2 heterocycles. The van der Waals surface area contributed by atoms with E-state index in [1.807, 2.05) is 0 Å². The lowest BCUT2D eigenvalue weighted by Gasteiger charge is -2.37. The smallest absolute Gasteiger partial charge is 0.342 e. The Hall–Kier alpha value is -4.80. The Bertz CT molecular complexity index is 2670. The number of aryl methyl sites for hydroxylation is 2. The monoisotopic (exact) mass is 906 g/mol. The molecule has 0 saturated carbocycles. The van der Waals surface area contributed by atoms with Crippen LogP contribution in [0, 0.1) is 5.92 Å². The van der Waals surface area contributed by atoms with Crippen LogP contribution in [0.5, 0.6) is 12.0 Å². The predicted molar refractivity (Wildman–Crippen MR) is 185 cm³/mol. The third-order valence-corrected chi connectivity index (χ3v) is 14.1. The summed E-state index contributed by atoms with van der Waals surface area (Å²) in [6.45, 7) is 0. The van der Waals surface area contributed by atoms with Crippen LogP contribution < -0.4 is 19.8 Å². The van der Waals surface area contributed by atoms with Gasteiger partial charge in [0.1, 0.15) is 11.6 Å². The minimum Gasteiger partial charge on any atom is -0.398 e. The second-order valence-electron chi connectivity index (χ2n) is 10.9. The van der Waals surface area contributed by atoms with Gasteiger partial charge in [-0.3, -0.25) is 18.2 Å². The predicted octanol–water partition coefficient (Wildman–Crippen LogP) is -2.75. The largest absolute Gasteiger partial charge is 0.398 e. The van der Waals surface area contributed by atoms with Gasteiger partial charge in [0, 0.05) is 18.8 Å². The number of nitrogens with two attached hydrogens (primary N) is 2. The standard InChI is InChI=1S/C24H26N8O18S6/c25-16-9-8-15(7-6-14-4-2-1-3-5-14)24(19(16)26,55(45,46)49-20-27-17(10-12-51(33,34)35)29-22(31-20)53(39,40)41)56(47,48)50-21-28-18(11-13-52(36,37)38)30-23(32-21)54(42,43)44/h1-9,15H,10-13,25-26H2,(H,33,34,35)(H,36,37,38)(H,39,40,41)(H,42,43,44). The molecule has 1 aliphatic carbocycles. The molecular formula is C24H26N8O18S6. The molecule has 0 bridgehead atoms. The van der Waals surface area contributed by atoms with Gasteiger partial charge >= 0.3 is 52.5 Å². The van der Waals surface area contributed by atoms with Crippen molar-refractivity contribution in [1.29, 1.82) is 0 Å². The van der Waals surface area contributed by atoms with Gasteiger partial charge in [-0.1, -0.05) is 48.6 Å². The first-order valence-corrected chi connectivity index (χ1v) is 23.4. The van der Waals surface area contributed by atoms with Crippen molar-refractivity contribution >= 4 is 66.8 Å². The van der Waals surface area contributed by atoms with Gasteiger partial charge in [0.15, 0.2) is 0 Å². The van der Waals surface area contributed by atoms with Crippen LogP contribution in [-0.4, -0.2) is 114 Å². The topological polar surface area (TPSA) is 434 Å². The fourth-order valence-electron chi connectivity index (χ4n) is 4.55. The van der Waals surface area contributed by atoms with Crippen LogP contribution in [0.1, 0.15) is 17.2 Å². The number of hydrogen-bond acceptors (Lipinski definition) is 22. The van der Waals surface area contributed by atoms with E-state index in [1.54, 1.807) is 6.07 Å². The van der Waals surface area contributed by atoms with Crippen LogP contribution >= 0.6 is 0 Å². The molecule has 0 spiro atoms. The zero-order valence-corrected chi connectivity index (χ0v) is 32.3. The van der Waals surface area contributed by atoms with E-state index < -0.39 is 140 Å². The summed E-state index contributed by atoms with van der Waals surface area (Å²) in [7, 11) is -33.0. The van der Waals surface area contributed by atoms with Crippen molar-refractivity contribution in [3.63, 3.8) is 0 Å². The van der Waals surface area contributed by atoms with Crippen LogP contribution in [0.4, 0.5) is 0 Å². The number of nitrogens with zero attached hydrogens (tertiary/aromatic N) is 6. The van der Waals surface area contributed by atoms with Gasteiger partial charge in [-0.15, -0.1) is 0 Å². The molecule has 1 atom stereocenters. The first-order valence-electron chi connectivity index (χ1n) is 14.4. The maximum atomic E-state index is 14.5. The highest BCUT2D eigenvalue weighted by atomic mass is 32.3. The van der Waals surface area contributed by atoms with Gasteiger partial charge in [0.2, 0.25) is 0 Å². The van der Waals surface area contributed by atoms with Crippen molar-refractivity contribution in [2.45, 2.75) is 27.2 Å². The van der Waals surface area contributed by atoms with E-state index in [0.717, 1.165) is 18.2 Å². The molecule has 0 saturated heterocycles. The highest BCUT2D eigenvalue weighted by Gasteiger charge is 2.67. The summed E-state index contributed by atoms with van der Waals surface area (Å²) in [6.07, 6.45) is 1.98. The minimum absolute atomic E-state index is 0.324. The highest BCUT2D eigenvalue weighted by Crippen LogP contribution is 2.45. The molecule has 1 unspecified atom stereocenters. The van der Waals surface area contributed by atoms with Crippen LogP contribution in [-0.2, 0) is 73.6 Å². The van der Waals surface area contributed by atoms with Crippen molar-refractivity contribution in [3.05, 3.63) is 77.2 Å². The minimum atomic E-state index is -6.24. The molecule has 306 valence electrons. The van der Waals surface area contributed by atoms with Gasteiger partial charge in [0.25, 0.3) is 34.6 Å². The normalized spacial score (nSPS) is 16.9. The molecular weight excluding hydrogens is 881 g/mol. The summed E-state index contributed by atoms with van der Waals surface area (Å²) >= 11 is 0. The molecule has 2 aromatic heterocycles. The van der Waals surface area contributed by atoms with Crippen molar-refractivity contribution in [2.24, 2.45) is 17.4 Å². The SMILES string of the molecule is NC1=C(N)C(S(=O)(=O)Oc2nc(CCS(=O)(=O)O)nc(S(=O)(=O)O)n2)(S(=O)(=O)Oc2nc(CCS(=O)(=O)O)nc(S(=O)(=O)O)n2)C(C=Cc2ccccc2)C=C1. The molecule has 8 N–H and O–H groups in total. The Morgan fingerprint density at radius 2 is 1.07 bits per heavy atom. The second kappa shape index (κ2) is 15.6. The number of aromatic nitrogens is 6. The van der Waals surface area contributed by atoms with Gasteiger partial charge in [-0.25, -0.2) is 9.97 Å². The average molecular weight is 907 g/mol. The molecule has 4 rings (SSSR count). The Morgan fingerprint density at radius 1 is 0.643 bits per heavy atom. The summed E-state index contributed by atoms with van der Waals surface area (Å²) in [5.41, 5.74) is 10.3. The fourth-order valence-corrected chi connectivity index (χ4v) is 10.0. The number of allylic oxidation sites excluding steroid dienone is 3. The van der Waals surface area contributed by atoms with Gasteiger partial charge in [0.05, 0.1) is 22.9 Å². The molecule has 1 aliphatic rings. The molecule has 0 fully saturated rings. The summed E-state index contributed by atoms with van der Waals surface area (Å²) in [5.74, 6) is -6.42. The Balaban J connectivity index is 2.02. The van der Waals surface area contributed by atoms with E-state index >= 15 is 0 Å². The third-order valence-electron chi connectivity index (χ3n) is 6.93. The molecule has 0 radical (unpaired) electrons. The third kappa shape index (κ3) is 10.3. The highest BCUT2D eigenvalue weighted by molar-refractivity contribution is 8.06. The van der Waals surface area contributed by atoms with E-state index in [4.69, 9.17) is 28.9 Å². The molecule has 3 aromatic rings. The van der Waals surface area contributed by atoms with Gasteiger partial charge < -0.3 is 19.8 Å². The van der Waals surface area contributed by atoms with Crippen LogP contribution in [0.2, 0.25) is 0 Å². The van der Waals surface area contributed by atoms with Crippen molar-refractivity contribution < 1.29 is 77.1 Å². The lowest BCUT2D eigenvalue weighted by Crippen LogP contribution is -2.59. The van der Waals surface area contributed by atoms with Crippen LogP contribution in [0.3, 0.4) is 0 Å². The molecule has 1 aromatic carbocycles. The zero-order chi connectivity index (χ0) is 42.1. The first kappa shape index (κ1) is 43.9. The first-order chi connectivity index (χ1) is 25.5. The van der Waals surface area contributed by atoms with Crippen molar-refractivity contribution in [3.8, 4) is 12.0 Å². The number of hydrogen-bond donors (Lipinski definition) is 6. The van der Waals surface area contributed by atoms with Crippen LogP contribution in [0.15, 0.2) is 70.3 Å².